The topological polar surface area (TPSA) is 79.2 Å². The lowest BCUT2D eigenvalue weighted by atomic mass is 9.92. The lowest BCUT2D eigenvalue weighted by Gasteiger charge is -2.30. The zero-order chi connectivity index (χ0) is 17.9. The first kappa shape index (κ1) is 16.4. The standard InChI is InChI=1S/C20H18N4O2/c25-20(26)18-17-5-10-24(12-14-1-6-21-7-2-14)13-16(17)11-23-19(18)15-3-8-22-9-4-15/h1-4,6-9,11H,5,10,12-13H2,(H,25,26). The van der Waals surface area contributed by atoms with Crippen LogP contribution in [0.3, 0.4) is 0 Å². The molecule has 0 saturated carbocycles. The molecule has 0 aliphatic carbocycles. The molecule has 0 bridgehead atoms. The van der Waals surface area contributed by atoms with E-state index in [2.05, 4.69) is 19.9 Å². The number of aromatic carboxylic acids is 1. The van der Waals surface area contributed by atoms with Crippen molar-refractivity contribution in [2.24, 2.45) is 0 Å². The lowest BCUT2D eigenvalue weighted by molar-refractivity contribution is 0.0695. The summed E-state index contributed by atoms with van der Waals surface area (Å²) in [6.45, 7) is 2.33. The second kappa shape index (κ2) is 7.01. The third-order valence-corrected chi connectivity index (χ3v) is 4.67. The van der Waals surface area contributed by atoms with Gasteiger partial charge in [0.2, 0.25) is 0 Å². The molecular formula is C20H18N4O2. The number of carbonyl (C=O) groups is 1. The minimum Gasteiger partial charge on any atom is -0.478 e. The number of pyridine rings is 3. The number of aromatic nitrogens is 3. The molecule has 4 rings (SSSR count). The SMILES string of the molecule is O=C(O)c1c(-c2ccncc2)ncc2c1CCN(Cc1ccncc1)C2. The van der Waals surface area contributed by atoms with E-state index in [1.165, 1.54) is 5.56 Å². The zero-order valence-corrected chi connectivity index (χ0v) is 14.2. The normalized spacial score (nSPS) is 14.0. The molecule has 3 aromatic heterocycles. The molecule has 1 N–H and O–H groups in total. The summed E-state index contributed by atoms with van der Waals surface area (Å²) < 4.78 is 0. The van der Waals surface area contributed by atoms with Gasteiger partial charge < -0.3 is 5.11 Å². The summed E-state index contributed by atoms with van der Waals surface area (Å²) in [4.78, 5) is 26.8. The predicted octanol–water partition coefficient (Wildman–Crippen LogP) is 2.80. The van der Waals surface area contributed by atoms with E-state index in [0.717, 1.165) is 29.8 Å². The molecule has 6 nitrogen and oxygen atoms in total. The molecule has 0 atom stereocenters. The molecule has 4 heterocycles. The molecule has 0 saturated heterocycles. The van der Waals surface area contributed by atoms with Gasteiger partial charge in [-0.15, -0.1) is 0 Å². The van der Waals surface area contributed by atoms with Gasteiger partial charge in [0.25, 0.3) is 0 Å². The number of hydrogen-bond acceptors (Lipinski definition) is 5. The highest BCUT2D eigenvalue weighted by Crippen LogP contribution is 2.30. The maximum atomic E-state index is 12.0. The average Bonchev–Trinajstić information content (AvgIpc) is 2.68. The van der Waals surface area contributed by atoms with Crippen molar-refractivity contribution in [1.29, 1.82) is 0 Å². The van der Waals surface area contributed by atoms with E-state index in [0.29, 0.717) is 24.2 Å². The summed E-state index contributed by atoms with van der Waals surface area (Å²) in [5.41, 5.74) is 4.69. The van der Waals surface area contributed by atoms with E-state index in [1.54, 1.807) is 36.9 Å². The summed E-state index contributed by atoms with van der Waals surface area (Å²) >= 11 is 0. The first-order valence-corrected chi connectivity index (χ1v) is 8.48. The molecule has 0 unspecified atom stereocenters. The second-order valence-electron chi connectivity index (χ2n) is 6.34. The quantitative estimate of drug-likeness (QED) is 0.782. The van der Waals surface area contributed by atoms with Crippen molar-refractivity contribution in [3.05, 3.63) is 77.5 Å². The van der Waals surface area contributed by atoms with Crippen LogP contribution >= 0.6 is 0 Å². The summed E-state index contributed by atoms with van der Waals surface area (Å²) in [5, 5.41) is 9.81. The van der Waals surface area contributed by atoms with Crippen LogP contribution in [-0.4, -0.2) is 37.5 Å². The van der Waals surface area contributed by atoms with E-state index in [4.69, 9.17) is 0 Å². The van der Waals surface area contributed by atoms with Crippen LogP contribution in [0.5, 0.6) is 0 Å². The number of carboxylic acids is 1. The van der Waals surface area contributed by atoms with Crippen molar-refractivity contribution >= 4 is 5.97 Å². The van der Waals surface area contributed by atoms with Crippen molar-refractivity contribution in [2.75, 3.05) is 6.54 Å². The Labute approximate surface area is 151 Å². The maximum absolute atomic E-state index is 12.0. The largest absolute Gasteiger partial charge is 0.478 e. The zero-order valence-electron chi connectivity index (χ0n) is 14.2. The van der Waals surface area contributed by atoms with Crippen molar-refractivity contribution in [2.45, 2.75) is 19.5 Å². The molecule has 26 heavy (non-hydrogen) atoms. The summed E-state index contributed by atoms with van der Waals surface area (Å²) in [5.74, 6) is -0.927. The number of nitrogens with zero attached hydrogens (tertiary/aromatic N) is 4. The summed E-state index contributed by atoms with van der Waals surface area (Å²) in [6.07, 6.45) is 9.40. The first-order chi connectivity index (χ1) is 12.7. The van der Waals surface area contributed by atoms with Crippen LogP contribution in [0.1, 0.15) is 27.0 Å². The average molecular weight is 346 g/mol. The van der Waals surface area contributed by atoms with Crippen LogP contribution in [-0.2, 0) is 19.5 Å². The highest BCUT2D eigenvalue weighted by molar-refractivity contribution is 5.96. The predicted molar refractivity (Wildman–Crippen MR) is 96.5 cm³/mol. The lowest BCUT2D eigenvalue weighted by Crippen LogP contribution is -2.31. The number of carboxylic acid groups (broad SMARTS) is 1. The maximum Gasteiger partial charge on any atom is 0.338 e. The van der Waals surface area contributed by atoms with E-state index < -0.39 is 5.97 Å². The van der Waals surface area contributed by atoms with Gasteiger partial charge in [0.1, 0.15) is 0 Å². The van der Waals surface area contributed by atoms with Crippen molar-refractivity contribution in [1.82, 2.24) is 19.9 Å². The third-order valence-electron chi connectivity index (χ3n) is 4.67. The van der Waals surface area contributed by atoms with Gasteiger partial charge in [-0.25, -0.2) is 4.79 Å². The Hall–Kier alpha value is -3.12. The van der Waals surface area contributed by atoms with Crippen LogP contribution in [0.25, 0.3) is 11.3 Å². The van der Waals surface area contributed by atoms with Gasteiger partial charge in [-0.3, -0.25) is 19.9 Å². The van der Waals surface area contributed by atoms with Gasteiger partial charge in [-0.05, 0) is 47.4 Å². The summed E-state index contributed by atoms with van der Waals surface area (Å²) in [6, 6.07) is 7.59. The molecule has 1 aliphatic heterocycles. The van der Waals surface area contributed by atoms with Gasteiger partial charge in [-0.1, -0.05) is 0 Å². The van der Waals surface area contributed by atoms with Crippen LogP contribution in [0.4, 0.5) is 0 Å². The Balaban J connectivity index is 1.67. The molecule has 6 heteroatoms. The Morgan fingerprint density at radius 1 is 1.08 bits per heavy atom. The molecule has 130 valence electrons. The van der Waals surface area contributed by atoms with E-state index in [-0.39, 0.29) is 0 Å². The van der Waals surface area contributed by atoms with Crippen molar-refractivity contribution in [3.8, 4) is 11.3 Å². The molecular weight excluding hydrogens is 328 g/mol. The van der Waals surface area contributed by atoms with Crippen LogP contribution < -0.4 is 0 Å². The number of fused-ring (bicyclic) bond motifs is 1. The summed E-state index contributed by atoms with van der Waals surface area (Å²) in [7, 11) is 0. The fourth-order valence-electron chi connectivity index (χ4n) is 3.44. The smallest absolute Gasteiger partial charge is 0.338 e. The second-order valence-corrected chi connectivity index (χ2v) is 6.34. The molecule has 1 aliphatic rings. The fraction of sp³-hybridized carbons (Fsp3) is 0.200. The Kier molecular flexibility index (Phi) is 4.41. The molecule has 0 fully saturated rings. The Bertz CT molecular complexity index is 929. The monoisotopic (exact) mass is 346 g/mol. The van der Waals surface area contributed by atoms with Gasteiger partial charge in [0, 0.05) is 56.2 Å². The fourth-order valence-corrected chi connectivity index (χ4v) is 3.44. The minimum absolute atomic E-state index is 0.317. The Morgan fingerprint density at radius 3 is 2.46 bits per heavy atom. The van der Waals surface area contributed by atoms with Gasteiger partial charge in [0.15, 0.2) is 0 Å². The van der Waals surface area contributed by atoms with Gasteiger partial charge in [-0.2, -0.15) is 0 Å². The van der Waals surface area contributed by atoms with Crippen molar-refractivity contribution < 1.29 is 9.90 Å². The van der Waals surface area contributed by atoms with E-state index in [9.17, 15) is 9.90 Å². The van der Waals surface area contributed by atoms with Gasteiger partial charge >= 0.3 is 5.97 Å². The molecule has 0 amide bonds. The Morgan fingerprint density at radius 2 is 1.77 bits per heavy atom. The van der Waals surface area contributed by atoms with Crippen molar-refractivity contribution in [3.63, 3.8) is 0 Å². The van der Waals surface area contributed by atoms with E-state index >= 15 is 0 Å². The van der Waals surface area contributed by atoms with Crippen LogP contribution in [0.15, 0.2) is 55.2 Å². The number of hydrogen-bond donors (Lipinski definition) is 1. The van der Waals surface area contributed by atoms with Gasteiger partial charge in [0.05, 0.1) is 11.3 Å². The third kappa shape index (κ3) is 3.19. The number of rotatable bonds is 4. The first-order valence-electron chi connectivity index (χ1n) is 8.48. The minimum atomic E-state index is -0.927. The molecule has 0 spiro atoms. The molecule has 3 aromatic rings. The molecule has 0 aromatic carbocycles. The van der Waals surface area contributed by atoms with E-state index in [1.807, 2.05) is 18.3 Å². The highest BCUT2D eigenvalue weighted by atomic mass is 16.4. The van der Waals surface area contributed by atoms with Crippen LogP contribution in [0.2, 0.25) is 0 Å². The molecule has 0 radical (unpaired) electrons. The highest BCUT2D eigenvalue weighted by Gasteiger charge is 2.25. The van der Waals surface area contributed by atoms with Crippen LogP contribution in [0, 0.1) is 0 Å².